The minimum Gasteiger partial charge on any atom is -0.352 e. The minimum atomic E-state index is 0.106. The van der Waals surface area contributed by atoms with Crippen molar-refractivity contribution in [2.24, 2.45) is 0 Å². The molecule has 0 aliphatic carbocycles. The van der Waals surface area contributed by atoms with Crippen LogP contribution in [0.1, 0.15) is 47.2 Å². The molecule has 1 amide bonds. The molecule has 146 valence electrons. The average molecular weight is 386 g/mol. The molecule has 1 fully saturated rings. The number of amides is 1. The molecule has 4 nitrogen and oxygen atoms in total. The first-order chi connectivity index (χ1) is 13.0. The van der Waals surface area contributed by atoms with Gasteiger partial charge in [0.05, 0.1) is 17.1 Å². The van der Waals surface area contributed by atoms with Gasteiger partial charge in [-0.05, 0) is 70.3 Å². The van der Waals surface area contributed by atoms with E-state index in [-0.39, 0.29) is 11.9 Å². The van der Waals surface area contributed by atoms with Gasteiger partial charge in [0.1, 0.15) is 0 Å². The molecule has 1 aromatic heterocycles. The zero-order chi connectivity index (χ0) is 19.4. The largest absolute Gasteiger partial charge is 0.352 e. The molecule has 27 heavy (non-hydrogen) atoms. The van der Waals surface area contributed by atoms with Gasteiger partial charge in [-0.3, -0.25) is 4.79 Å². The molecule has 1 aliphatic rings. The van der Waals surface area contributed by atoms with Crippen LogP contribution in [0.5, 0.6) is 0 Å². The van der Waals surface area contributed by atoms with Crippen LogP contribution in [0.25, 0.3) is 11.3 Å². The second kappa shape index (κ2) is 8.98. The summed E-state index contributed by atoms with van der Waals surface area (Å²) in [7, 11) is 0. The highest BCUT2D eigenvalue weighted by atomic mass is 32.1. The lowest BCUT2D eigenvalue weighted by molar-refractivity contribution is -0.121. The number of nitrogens with one attached hydrogen (secondary N) is 1. The van der Waals surface area contributed by atoms with Crippen LogP contribution < -0.4 is 5.32 Å². The van der Waals surface area contributed by atoms with Crippen LogP contribution in [0.3, 0.4) is 0 Å². The second-order valence-corrected chi connectivity index (χ2v) is 8.95. The van der Waals surface area contributed by atoms with Crippen molar-refractivity contribution in [3.8, 4) is 11.3 Å². The summed E-state index contributed by atoms with van der Waals surface area (Å²) in [5, 5.41) is 4.26. The predicted molar refractivity (Wildman–Crippen MR) is 113 cm³/mol. The second-order valence-electron chi connectivity index (χ2n) is 7.66. The highest BCUT2D eigenvalue weighted by Gasteiger charge is 2.20. The van der Waals surface area contributed by atoms with Gasteiger partial charge in [-0.2, -0.15) is 0 Å². The molecule has 1 atom stereocenters. The zero-order valence-electron chi connectivity index (χ0n) is 17.0. The van der Waals surface area contributed by atoms with E-state index in [4.69, 9.17) is 4.98 Å². The summed E-state index contributed by atoms with van der Waals surface area (Å²) >= 11 is 1.63. The molecular formula is C22H31N3OS. The molecule has 1 N–H and O–H groups in total. The van der Waals surface area contributed by atoms with Gasteiger partial charge in [-0.15, -0.1) is 11.3 Å². The van der Waals surface area contributed by atoms with Crippen LogP contribution >= 0.6 is 11.3 Å². The molecule has 0 unspecified atom stereocenters. The van der Waals surface area contributed by atoms with Gasteiger partial charge in [0.15, 0.2) is 0 Å². The van der Waals surface area contributed by atoms with Crippen LogP contribution in [-0.2, 0) is 11.2 Å². The monoisotopic (exact) mass is 385 g/mol. The van der Waals surface area contributed by atoms with Crippen molar-refractivity contribution in [1.82, 2.24) is 15.2 Å². The first-order valence-corrected chi connectivity index (χ1v) is 10.8. The summed E-state index contributed by atoms with van der Waals surface area (Å²) in [5.74, 6) is 0.106. The molecule has 1 aliphatic heterocycles. The molecule has 5 heteroatoms. The molecular weight excluding hydrogens is 354 g/mol. The van der Waals surface area contributed by atoms with Crippen molar-refractivity contribution in [1.29, 1.82) is 0 Å². The van der Waals surface area contributed by atoms with Gasteiger partial charge in [-0.1, -0.05) is 19.1 Å². The maximum atomic E-state index is 12.7. The molecule has 1 aromatic carbocycles. The maximum Gasteiger partial charge on any atom is 0.225 e. The van der Waals surface area contributed by atoms with E-state index in [0.29, 0.717) is 6.42 Å². The summed E-state index contributed by atoms with van der Waals surface area (Å²) in [6.45, 7) is 11.7. The topological polar surface area (TPSA) is 45.2 Å². The molecule has 0 bridgehead atoms. The Hall–Kier alpha value is -1.72. The fraction of sp³-hybridized carbons (Fsp3) is 0.545. The Balaban J connectivity index is 1.69. The van der Waals surface area contributed by atoms with E-state index in [9.17, 15) is 4.79 Å². The normalized spacial score (nSPS) is 15.9. The molecule has 0 saturated carbocycles. The van der Waals surface area contributed by atoms with E-state index in [1.165, 1.54) is 24.0 Å². The van der Waals surface area contributed by atoms with Crippen LogP contribution in [0.2, 0.25) is 0 Å². The maximum absolute atomic E-state index is 12.7. The Morgan fingerprint density at radius 3 is 2.63 bits per heavy atom. The third kappa shape index (κ3) is 5.17. The summed E-state index contributed by atoms with van der Waals surface area (Å²) in [5.41, 5.74) is 4.60. The van der Waals surface area contributed by atoms with E-state index in [1.807, 2.05) is 6.92 Å². The smallest absolute Gasteiger partial charge is 0.225 e. The van der Waals surface area contributed by atoms with Crippen LogP contribution in [0, 0.1) is 20.8 Å². The van der Waals surface area contributed by atoms with Crippen LogP contribution in [0.4, 0.5) is 0 Å². The Bertz CT molecular complexity index is 793. The summed E-state index contributed by atoms with van der Waals surface area (Å²) in [6, 6.07) is 6.65. The average Bonchev–Trinajstić information content (AvgIpc) is 3.26. The Labute approximate surface area is 167 Å². The molecule has 2 aromatic rings. The number of aromatic nitrogens is 1. The third-order valence-corrected chi connectivity index (χ3v) is 6.41. The molecule has 3 rings (SSSR count). The fourth-order valence-electron chi connectivity index (χ4n) is 3.68. The SMILES string of the molecule is CC[C@@H](CN1CCCC1)NC(=O)Cc1sc(C)nc1-c1ccc(C)c(C)c1. The zero-order valence-corrected chi connectivity index (χ0v) is 17.8. The Morgan fingerprint density at radius 2 is 1.96 bits per heavy atom. The first-order valence-electron chi connectivity index (χ1n) is 10.0. The lowest BCUT2D eigenvalue weighted by Gasteiger charge is -2.23. The van der Waals surface area contributed by atoms with Crippen molar-refractivity contribution >= 4 is 17.2 Å². The highest BCUT2D eigenvalue weighted by Crippen LogP contribution is 2.29. The number of rotatable bonds is 7. The number of carbonyl (C=O) groups is 1. The van der Waals surface area contributed by atoms with Crippen molar-refractivity contribution in [2.45, 2.75) is 59.4 Å². The first kappa shape index (κ1) is 20.0. The van der Waals surface area contributed by atoms with Gasteiger partial charge < -0.3 is 10.2 Å². The number of hydrogen-bond acceptors (Lipinski definition) is 4. The number of thiazole rings is 1. The van der Waals surface area contributed by atoms with Gasteiger partial charge in [0, 0.05) is 23.0 Å². The standard InChI is InChI=1S/C22H31N3OS/c1-5-19(14-25-10-6-7-11-25)24-21(26)13-20-22(23-17(4)27-20)18-9-8-15(2)16(3)12-18/h8-9,12,19H,5-7,10-11,13-14H2,1-4H3,(H,24,26)/t19-/m0/s1. The highest BCUT2D eigenvalue weighted by molar-refractivity contribution is 7.12. The van der Waals surface area contributed by atoms with Crippen molar-refractivity contribution in [3.05, 3.63) is 39.2 Å². The number of likely N-dealkylation sites (tertiary alicyclic amines) is 1. The van der Waals surface area contributed by atoms with E-state index in [1.54, 1.807) is 11.3 Å². The molecule has 0 radical (unpaired) electrons. The van der Waals surface area contributed by atoms with Gasteiger partial charge in [0.2, 0.25) is 5.91 Å². The van der Waals surface area contributed by atoms with Gasteiger partial charge >= 0.3 is 0 Å². The third-order valence-electron chi connectivity index (χ3n) is 5.44. The molecule has 0 spiro atoms. The van der Waals surface area contributed by atoms with Crippen LogP contribution in [0.15, 0.2) is 18.2 Å². The number of carbonyl (C=O) groups excluding carboxylic acids is 1. The van der Waals surface area contributed by atoms with Crippen molar-refractivity contribution in [3.63, 3.8) is 0 Å². The van der Waals surface area contributed by atoms with E-state index in [2.05, 4.69) is 49.2 Å². The minimum absolute atomic E-state index is 0.106. The number of hydrogen-bond donors (Lipinski definition) is 1. The Morgan fingerprint density at radius 1 is 1.22 bits per heavy atom. The van der Waals surface area contributed by atoms with E-state index >= 15 is 0 Å². The van der Waals surface area contributed by atoms with Gasteiger partial charge in [0.25, 0.3) is 0 Å². The predicted octanol–water partition coefficient (Wildman–Crippen LogP) is 4.27. The lowest BCUT2D eigenvalue weighted by Crippen LogP contribution is -2.43. The molecule has 2 heterocycles. The number of nitrogens with zero attached hydrogens (tertiary/aromatic N) is 2. The molecule has 1 saturated heterocycles. The number of benzene rings is 1. The summed E-state index contributed by atoms with van der Waals surface area (Å²) < 4.78 is 0. The van der Waals surface area contributed by atoms with Crippen molar-refractivity contribution in [2.75, 3.05) is 19.6 Å². The quantitative estimate of drug-likeness (QED) is 0.774. The lowest BCUT2D eigenvalue weighted by atomic mass is 10.0. The van der Waals surface area contributed by atoms with Gasteiger partial charge in [-0.25, -0.2) is 4.98 Å². The Kier molecular flexibility index (Phi) is 6.66. The van der Waals surface area contributed by atoms with E-state index in [0.717, 1.165) is 47.2 Å². The summed E-state index contributed by atoms with van der Waals surface area (Å²) in [6.07, 6.45) is 3.94. The van der Waals surface area contributed by atoms with E-state index < -0.39 is 0 Å². The van der Waals surface area contributed by atoms with Crippen molar-refractivity contribution < 1.29 is 4.79 Å². The number of aryl methyl sites for hydroxylation is 3. The van der Waals surface area contributed by atoms with Crippen LogP contribution in [-0.4, -0.2) is 41.5 Å². The fourth-order valence-corrected chi connectivity index (χ4v) is 4.64. The summed E-state index contributed by atoms with van der Waals surface area (Å²) in [4.78, 5) is 21.0.